The number of halogens is 1. The minimum Gasteiger partial charge on any atom is -0.322 e. The lowest BCUT2D eigenvalue weighted by atomic mass is 10.1. The number of benzene rings is 2. The molecule has 0 fully saturated rings. The van der Waals surface area contributed by atoms with Crippen molar-refractivity contribution in [2.24, 2.45) is 0 Å². The van der Waals surface area contributed by atoms with Crippen LogP contribution in [-0.2, 0) is 0 Å². The van der Waals surface area contributed by atoms with Crippen molar-refractivity contribution in [3.8, 4) is 16.9 Å². The molecule has 0 aliphatic rings. The topological polar surface area (TPSA) is 46.9 Å². The fourth-order valence-electron chi connectivity index (χ4n) is 3.36. The van der Waals surface area contributed by atoms with Crippen molar-refractivity contribution >= 4 is 23.2 Å². The zero-order valence-corrected chi connectivity index (χ0v) is 16.9. The van der Waals surface area contributed by atoms with Crippen LogP contribution >= 0.6 is 11.6 Å². The number of carbonyl (C=O) groups excluding carboxylic acids is 1. The second-order valence-electron chi connectivity index (χ2n) is 6.86. The van der Waals surface area contributed by atoms with E-state index in [-0.39, 0.29) is 5.91 Å². The van der Waals surface area contributed by atoms with Crippen molar-refractivity contribution in [2.75, 3.05) is 5.32 Å². The Balaban J connectivity index is 1.62. The molecule has 0 unspecified atom stereocenters. The van der Waals surface area contributed by atoms with Gasteiger partial charge in [0.1, 0.15) is 0 Å². The van der Waals surface area contributed by atoms with E-state index >= 15 is 0 Å². The average molecular weight is 402 g/mol. The van der Waals surface area contributed by atoms with Gasteiger partial charge in [0, 0.05) is 39.4 Å². The molecule has 5 heteroatoms. The van der Waals surface area contributed by atoms with Crippen LogP contribution in [0.3, 0.4) is 0 Å². The zero-order valence-electron chi connectivity index (χ0n) is 16.2. The number of carbonyl (C=O) groups is 1. The smallest absolute Gasteiger partial charge is 0.255 e. The van der Waals surface area contributed by atoms with Crippen LogP contribution in [0.15, 0.2) is 79.0 Å². The first-order chi connectivity index (χ1) is 14.0. The highest BCUT2D eigenvalue weighted by Crippen LogP contribution is 2.27. The van der Waals surface area contributed by atoms with Crippen LogP contribution in [0.5, 0.6) is 0 Å². The van der Waals surface area contributed by atoms with Gasteiger partial charge in [0.2, 0.25) is 0 Å². The molecule has 0 spiro atoms. The number of hydrogen-bond acceptors (Lipinski definition) is 2. The Morgan fingerprint density at radius 1 is 0.897 bits per heavy atom. The van der Waals surface area contributed by atoms with Crippen LogP contribution in [0.2, 0.25) is 5.02 Å². The standard InChI is InChI=1S/C24H20ClN3O/c1-16-5-6-17(2)28(16)22-4-3-15-26-23(22)18-7-9-19(10-8-18)24(29)27-21-13-11-20(25)12-14-21/h3-15H,1-2H3,(H,27,29). The molecule has 0 atom stereocenters. The number of aryl methyl sites for hydroxylation is 2. The van der Waals surface area contributed by atoms with Gasteiger partial charge in [0.25, 0.3) is 5.91 Å². The third-order valence-corrected chi connectivity index (χ3v) is 5.07. The van der Waals surface area contributed by atoms with E-state index in [1.807, 2.05) is 30.3 Å². The maximum absolute atomic E-state index is 12.5. The van der Waals surface area contributed by atoms with Crippen molar-refractivity contribution in [3.05, 3.63) is 101 Å². The molecule has 1 amide bonds. The maximum Gasteiger partial charge on any atom is 0.255 e. The maximum atomic E-state index is 12.5. The summed E-state index contributed by atoms with van der Waals surface area (Å²) >= 11 is 5.89. The van der Waals surface area contributed by atoms with Crippen LogP contribution in [0.4, 0.5) is 5.69 Å². The second-order valence-corrected chi connectivity index (χ2v) is 7.30. The fraction of sp³-hybridized carbons (Fsp3) is 0.0833. The van der Waals surface area contributed by atoms with Gasteiger partial charge in [-0.25, -0.2) is 0 Å². The lowest BCUT2D eigenvalue weighted by Gasteiger charge is -2.14. The first kappa shape index (κ1) is 19.0. The molecule has 29 heavy (non-hydrogen) atoms. The van der Waals surface area contributed by atoms with Crippen LogP contribution < -0.4 is 5.32 Å². The third-order valence-electron chi connectivity index (χ3n) is 4.82. The molecule has 0 aliphatic heterocycles. The highest BCUT2D eigenvalue weighted by atomic mass is 35.5. The second kappa shape index (κ2) is 7.94. The first-order valence-corrected chi connectivity index (χ1v) is 9.68. The number of anilines is 1. The van der Waals surface area contributed by atoms with Crippen LogP contribution in [0, 0.1) is 13.8 Å². The molecule has 2 aromatic carbocycles. The van der Waals surface area contributed by atoms with E-state index in [1.165, 1.54) is 0 Å². The van der Waals surface area contributed by atoms with Gasteiger partial charge < -0.3 is 9.88 Å². The molecule has 0 radical (unpaired) electrons. The predicted octanol–water partition coefficient (Wildman–Crippen LogP) is 6.06. The molecule has 0 bridgehead atoms. The third kappa shape index (κ3) is 3.93. The molecule has 0 aliphatic carbocycles. The van der Waals surface area contributed by atoms with Gasteiger partial charge >= 0.3 is 0 Å². The molecule has 4 aromatic rings. The Labute approximate surface area is 174 Å². The van der Waals surface area contributed by atoms with Gasteiger partial charge in [-0.1, -0.05) is 23.7 Å². The summed E-state index contributed by atoms with van der Waals surface area (Å²) in [5.41, 5.74) is 6.43. The predicted molar refractivity (Wildman–Crippen MR) is 118 cm³/mol. The molecule has 2 aromatic heterocycles. The van der Waals surface area contributed by atoms with Gasteiger partial charge in [-0.2, -0.15) is 0 Å². The molecular formula is C24H20ClN3O. The van der Waals surface area contributed by atoms with E-state index < -0.39 is 0 Å². The quantitative estimate of drug-likeness (QED) is 0.451. The number of amides is 1. The molecule has 4 nitrogen and oxygen atoms in total. The van der Waals surface area contributed by atoms with Crippen molar-refractivity contribution in [1.29, 1.82) is 0 Å². The van der Waals surface area contributed by atoms with E-state index in [9.17, 15) is 4.79 Å². The highest BCUT2D eigenvalue weighted by molar-refractivity contribution is 6.30. The summed E-state index contributed by atoms with van der Waals surface area (Å²) in [4.78, 5) is 17.1. The number of rotatable bonds is 4. The summed E-state index contributed by atoms with van der Waals surface area (Å²) < 4.78 is 2.18. The van der Waals surface area contributed by atoms with Gasteiger partial charge in [0.15, 0.2) is 0 Å². The van der Waals surface area contributed by atoms with Gasteiger partial charge in [0.05, 0.1) is 11.4 Å². The summed E-state index contributed by atoms with van der Waals surface area (Å²) in [6, 6.07) is 22.7. The average Bonchev–Trinajstić information content (AvgIpc) is 3.08. The zero-order chi connectivity index (χ0) is 20.4. The van der Waals surface area contributed by atoms with Crippen LogP contribution in [0.25, 0.3) is 16.9 Å². The van der Waals surface area contributed by atoms with Crippen molar-refractivity contribution in [2.45, 2.75) is 13.8 Å². The van der Waals surface area contributed by atoms with Crippen molar-refractivity contribution < 1.29 is 4.79 Å². The minimum absolute atomic E-state index is 0.169. The van der Waals surface area contributed by atoms with Crippen molar-refractivity contribution in [3.63, 3.8) is 0 Å². The first-order valence-electron chi connectivity index (χ1n) is 9.30. The summed E-state index contributed by atoms with van der Waals surface area (Å²) in [7, 11) is 0. The SMILES string of the molecule is Cc1ccc(C)n1-c1cccnc1-c1ccc(C(=O)Nc2ccc(Cl)cc2)cc1. The van der Waals surface area contributed by atoms with Crippen LogP contribution in [-0.4, -0.2) is 15.5 Å². The van der Waals surface area contributed by atoms with E-state index in [1.54, 1.807) is 30.5 Å². The fourth-order valence-corrected chi connectivity index (χ4v) is 3.49. The Hall–Kier alpha value is -3.37. The van der Waals surface area contributed by atoms with Crippen molar-refractivity contribution in [1.82, 2.24) is 9.55 Å². The summed E-state index contributed by atoms with van der Waals surface area (Å²) in [6.07, 6.45) is 1.79. The number of aromatic nitrogens is 2. The lowest BCUT2D eigenvalue weighted by molar-refractivity contribution is 0.102. The summed E-state index contributed by atoms with van der Waals surface area (Å²) in [5.74, 6) is -0.169. The Bertz CT molecular complexity index is 1140. The molecule has 2 heterocycles. The van der Waals surface area contributed by atoms with Gasteiger partial charge in [-0.15, -0.1) is 0 Å². The largest absolute Gasteiger partial charge is 0.322 e. The lowest BCUT2D eigenvalue weighted by Crippen LogP contribution is -2.11. The van der Waals surface area contributed by atoms with E-state index in [0.29, 0.717) is 16.3 Å². The van der Waals surface area contributed by atoms with E-state index in [4.69, 9.17) is 11.6 Å². The normalized spacial score (nSPS) is 10.7. The number of pyridine rings is 1. The number of nitrogens with one attached hydrogen (secondary N) is 1. The number of hydrogen-bond donors (Lipinski definition) is 1. The molecular weight excluding hydrogens is 382 g/mol. The van der Waals surface area contributed by atoms with E-state index in [0.717, 1.165) is 28.3 Å². The van der Waals surface area contributed by atoms with Gasteiger partial charge in [-0.05, 0) is 74.5 Å². The molecule has 1 N–H and O–H groups in total. The molecule has 0 saturated carbocycles. The molecule has 0 saturated heterocycles. The highest BCUT2D eigenvalue weighted by Gasteiger charge is 2.13. The number of nitrogens with zero attached hydrogens (tertiary/aromatic N) is 2. The molecule has 144 valence electrons. The monoisotopic (exact) mass is 401 g/mol. The summed E-state index contributed by atoms with van der Waals surface area (Å²) in [6.45, 7) is 4.15. The Morgan fingerprint density at radius 3 is 2.21 bits per heavy atom. The van der Waals surface area contributed by atoms with Gasteiger partial charge in [-0.3, -0.25) is 9.78 Å². The molecule has 4 rings (SSSR count). The van der Waals surface area contributed by atoms with E-state index in [2.05, 4.69) is 46.9 Å². The van der Waals surface area contributed by atoms with Crippen LogP contribution in [0.1, 0.15) is 21.7 Å². The minimum atomic E-state index is -0.169. The Morgan fingerprint density at radius 2 is 1.55 bits per heavy atom. The Kier molecular flexibility index (Phi) is 5.19. The summed E-state index contributed by atoms with van der Waals surface area (Å²) in [5, 5.41) is 3.51.